The summed E-state index contributed by atoms with van der Waals surface area (Å²) in [6, 6.07) is 12.7. The maximum absolute atomic E-state index is 13.7. The van der Waals surface area contributed by atoms with Crippen LogP contribution in [0.15, 0.2) is 52.5 Å². The van der Waals surface area contributed by atoms with Crippen molar-refractivity contribution < 1.29 is 9.18 Å². The number of nitrogens with one attached hydrogen (secondary N) is 1. The molecule has 0 aromatic heterocycles. The Morgan fingerprint density at radius 3 is 2.55 bits per heavy atom. The molecule has 110 valence electrons. The summed E-state index contributed by atoms with van der Waals surface area (Å²) in [5, 5.41) is 12.0. The normalized spacial score (nSPS) is 10.9. The first-order valence-corrected chi connectivity index (χ1v) is 7.30. The summed E-state index contributed by atoms with van der Waals surface area (Å²) in [7, 11) is 0. The molecule has 22 heavy (non-hydrogen) atoms. The molecule has 1 N–H and O–H groups in total. The standard InChI is InChI=1S/C16H9BrClFN2O/c17-12-3-6-15(14(19)8-12)21-16(22)11(9-20)7-10-1-4-13(18)5-2-10/h1-8H,(H,21,22)/b11-7+. The molecule has 0 aliphatic heterocycles. The molecule has 0 fully saturated rings. The van der Waals surface area contributed by atoms with Gasteiger partial charge in [0.25, 0.3) is 5.91 Å². The summed E-state index contributed by atoms with van der Waals surface area (Å²) in [4.78, 5) is 12.0. The van der Waals surface area contributed by atoms with E-state index in [1.165, 1.54) is 18.2 Å². The van der Waals surface area contributed by atoms with Crippen molar-refractivity contribution in [2.75, 3.05) is 5.32 Å². The van der Waals surface area contributed by atoms with E-state index in [2.05, 4.69) is 21.2 Å². The molecule has 0 saturated heterocycles. The van der Waals surface area contributed by atoms with Gasteiger partial charge in [-0.1, -0.05) is 39.7 Å². The number of nitrogens with zero attached hydrogens (tertiary/aromatic N) is 1. The third-order valence-corrected chi connectivity index (χ3v) is 3.47. The van der Waals surface area contributed by atoms with Gasteiger partial charge in [0.1, 0.15) is 17.5 Å². The highest BCUT2D eigenvalue weighted by Gasteiger charge is 2.12. The molecule has 0 atom stereocenters. The van der Waals surface area contributed by atoms with E-state index < -0.39 is 11.7 Å². The molecule has 2 rings (SSSR count). The van der Waals surface area contributed by atoms with Gasteiger partial charge in [0, 0.05) is 9.50 Å². The van der Waals surface area contributed by atoms with Crippen molar-refractivity contribution in [2.45, 2.75) is 0 Å². The molecule has 3 nitrogen and oxygen atoms in total. The molecule has 0 bridgehead atoms. The first kappa shape index (κ1) is 16.2. The number of halogens is 3. The highest BCUT2D eigenvalue weighted by atomic mass is 79.9. The van der Waals surface area contributed by atoms with Gasteiger partial charge in [-0.15, -0.1) is 0 Å². The topological polar surface area (TPSA) is 52.9 Å². The minimum atomic E-state index is -0.682. The fraction of sp³-hybridized carbons (Fsp3) is 0. The lowest BCUT2D eigenvalue weighted by molar-refractivity contribution is -0.112. The van der Waals surface area contributed by atoms with Gasteiger partial charge in [-0.25, -0.2) is 4.39 Å². The Bertz CT molecular complexity index is 782. The van der Waals surface area contributed by atoms with Gasteiger partial charge < -0.3 is 5.32 Å². The van der Waals surface area contributed by atoms with E-state index in [1.54, 1.807) is 36.4 Å². The maximum atomic E-state index is 13.7. The lowest BCUT2D eigenvalue weighted by Crippen LogP contribution is -2.14. The Morgan fingerprint density at radius 1 is 1.27 bits per heavy atom. The molecule has 0 aliphatic rings. The van der Waals surface area contributed by atoms with Gasteiger partial charge >= 0.3 is 0 Å². The van der Waals surface area contributed by atoms with Crippen LogP contribution in [0.2, 0.25) is 5.02 Å². The van der Waals surface area contributed by atoms with Gasteiger partial charge in [-0.05, 0) is 42.0 Å². The summed E-state index contributed by atoms with van der Waals surface area (Å²) in [6.07, 6.45) is 1.41. The molecule has 2 aromatic rings. The number of carbonyl (C=O) groups excluding carboxylic acids is 1. The monoisotopic (exact) mass is 378 g/mol. The van der Waals surface area contributed by atoms with Crippen LogP contribution in [0.3, 0.4) is 0 Å². The fourth-order valence-corrected chi connectivity index (χ4v) is 2.11. The molecule has 0 spiro atoms. The number of carbonyl (C=O) groups is 1. The molecular formula is C16H9BrClFN2O. The molecule has 6 heteroatoms. The first-order valence-electron chi connectivity index (χ1n) is 6.13. The fourth-order valence-electron chi connectivity index (χ4n) is 1.65. The van der Waals surface area contributed by atoms with Crippen molar-refractivity contribution in [2.24, 2.45) is 0 Å². The number of rotatable bonds is 3. The van der Waals surface area contributed by atoms with Crippen molar-refractivity contribution in [1.82, 2.24) is 0 Å². The summed E-state index contributed by atoms with van der Waals surface area (Å²) in [6.45, 7) is 0. The van der Waals surface area contributed by atoms with Crippen LogP contribution < -0.4 is 5.32 Å². The maximum Gasteiger partial charge on any atom is 0.266 e. The minimum absolute atomic E-state index is 0.00505. The molecule has 0 unspecified atom stereocenters. The number of amides is 1. The number of hydrogen-bond acceptors (Lipinski definition) is 2. The molecule has 0 aliphatic carbocycles. The van der Waals surface area contributed by atoms with E-state index in [-0.39, 0.29) is 11.3 Å². The van der Waals surface area contributed by atoms with Crippen molar-refractivity contribution in [1.29, 1.82) is 5.26 Å². The summed E-state index contributed by atoms with van der Waals surface area (Å²) < 4.78 is 14.2. The van der Waals surface area contributed by atoms with Gasteiger partial charge in [-0.2, -0.15) is 5.26 Å². The average Bonchev–Trinajstić information content (AvgIpc) is 2.49. The second kappa shape index (κ2) is 7.21. The van der Waals surface area contributed by atoms with Crippen LogP contribution >= 0.6 is 27.5 Å². The number of nitriles is 1. The molecule has 0 saturated carbocycles. The highest BCUT2D eigenvalue weighted by molar-refractivity contribution is 9.10. The summed E-state index contributed by atoms with van der Waals surface area (Å²) in [5.74, 6) is -1.27. The van der Waals surface area contributed by atoms with E-state index in [4.69, 9.17) is 16.9 Å². The van der Waals surface area contributed by atoms with E-state index >= 15 is 0 Å². The Hall–Kier alpha value is -2.16. The smallest absolute Gasteiger partial charge is 0.266 e. The van der Waals surface area contributed by atoms with Crippen LogP contribution in [0.25, 0.3) is 6.08 Å². The van der Waals surface area contributed by atoms with Gasteiger partial charge in [0.15, 0.2) is 0 Å². The first-order chi connectivity index (χ1) is 10.5. The third-order valence-electron chi connectivity index (χ3n) is 2.73. The van der Waals surface area contributed by atoms with Crippen LogP contribution in [0.1, 0.15) is 5.56 Å². The van der Waals surface area contributed by atoms with Crippen molar-refractivity contribution in [3.63, 3.8) is 0 Å². The second-order valence-corrected chi connectivity index (χ2v) is 5.65. The minimum Gasteiger partial charge on any atom is -0.319 e. The summed E-state index contributed by atoms with van der Waals surface area (Å²) >= 11 is 8.90. The van der Waals surface area contributed by atoms with Gasteiger partial charge in [0.05, 0.1) is 5.69 Å². The van der Waals surface area contributed by atoms with Crippen molar-refractivity contribution >= 4 is 45.2 Å². The number of hydrogen-bond donors (Lipinski definition) is 1. The van der Waals surface area contributed by atoms with Crippen LogP contribution in [-0.4, -0.2) is 5.91 Å². The Labute approximate surface area is 140 Å². The van der Waals surface area contributed by atoms with Crippen LogP contribution in [0.5, 0.6) is 0 Å². The molecule has 0 heterocycles. The predicted molar refractivity (Wildman–Crippen MR) is 87.8 cm³/mol. The van der Waals surface area contributed by atoms with Crippen LogP contribution in [-0.2, 0) is 4.79 Å². The highest BCUT2D eigenvalue weighted by Crippen LogP contribution is 2.20. The predicted octanol–water partition coefficient (Wildman–Crippen LogP) is 4.79. The largest absolute Gasteiger partial charge is 0.319 e. The quantitative estimate of drug-likeness (QED) is 0.616. The van der Waals surface area contributed by atoms with Crippen LogP contribution in [0.4, 0.5) is 10.1 Å². The lowest BCUT2D eigenvalue weighted by atomic mass is 10.1. The Morgan fingerprint density at radius 2 is 1.95 bits per heavy atom. The number of anilines is 1. The van der Waals surface area contributed by atoms with Gasteiger partial charge in [-0.3, -0.25) is 4.79 Å². The Kier molecular flexibility index (Phi) is 5.31. The van der Waals surface area contributed by atoms with E-state index in [9.17, 15) is 9.18 Å². The average molecular weight is 380 g/mol. The zero-order valence-corrected chi connectivity index (χ0v) is 13.5. The summed E-state index contributed by atoms with van der Waals surface area (Å²) in [5.41, 5.74) is 0.516. The molecule has 0 radical (unpaired) electrons. The molecule has 2 aromatic carbocycles. The van der Waals surface area contributed by atoms with Crippen molar-refractivity contribution in [3.8, 4) is 6.07 Å². The van der Waals surface area contributed by atoms with E-state index in [0.29, 0.717) is 15.1 Å². The lowest BCUT2D eigenvalue weighted by Gasteiger charge is -2.06. The SMILES string of the molecule is N#C/C(=C\c1ccc(Cl)cc1)C(=O)Nc1ccc(Br)cc1F. The molecule has 1 amide bonds. The zero-order valence-electron chi connectivity index (χ0n) is 11.1. The van der Waals surface area contributed by atoms with Gasteiger partial charge in [0.2, 0.25) is 0 Å². The third kappa shape index (κ3) is 4.17. The van der Waals surface area contributed by atoms with Crippen LogP contribution in [0, 0.1) is 17.1 Å². The van der Waals surface area contributed by atoms with E-state index in [1.807, 2.05) is 0 Å². The van der Waals surface area contributed by atoms with Crippen molar-refractivity contribution in [3.05, 3.63) is 68.9 Å². The second-order valence-electron chi connectivity index (χ2n) is 4.30. The number of benzene rings is 2. The molecular weight excluding hydrogens is 371 g/mol. The van der Waals surface area contributed by atoms with E-state index in [0.717, 1.165) is 0 Å². The Balaban J connectivity index is 2.22. The zero-order chi connectivity index (χ0) is 16.1.